The van der Waals surface area contributed by atoms with Crippen LogP contribution >= 0.6 is 38.9 Å². The molecule has 0 amide bonds. The zero-order valence-corrected chi connectivity index (χ0v) is 22.2. The van der Waals surface area contributed by atoms with Crippen LogP contribution in [0, 0.1) is 5.92 Å². The molecule has 3 aromatic rings. The standard InChI is InChI=1S/C22H22BrClN4O5S2/c23-21-13(4-12-2-1-3-15(24)5-12)7-19(34-21)20(30)17-9-26-11-27-22(17)28-16-6-14(18(29)8-16)10-33-35(25,31)32/h1-3,5,7,9,11,14,16,18,29H,4,6,8,10H2,(H2,25,31,32)(H,26,27,28)/t14-,16-,18+/m1/s1. The number of ketones is 1. The summed E-state index contributed by atoms with van der Waals surface area (Å²) in [4.78, 5) is 22.1. The summed E-state index contributed by atoms with van der Waals surface area (Å²) >= 11 is 11.0. The number of rotatable bonds is 9. The molecule has 1 aliphatic rings. The van der Waals surface area contributed by atoms with Gasteiger partial charge in [0.2, 0.25) is 5.78 Å². The van der Waals surface area contributed by atoms with E-state index in [9.17, 15) is 18.3 Å². The average Bonchev–Trinajstić information content (AvgIpc) is 3.33. The summed E-state index contributed by atoms with van der Waals surface area (Å²) in [7, 11) is -4.09. The van der Waals surface area contributed by atoms with Crippen molar-refractivity contribution in [2.24, 2.45) is 11.1 Å². The van der Waals surface area contributed by atoms with E-state index in [2.05, 4.69) is 35.4 Å². The van der Waals surface area contributed by atoms with Crippen molar-refractivity contribution in [3.63, 3.8) is 0 Å². The SMILES string of the molecule is NS(=O)(=O)OC[C@H]1C[C@@H](Nc2ncncc2C(=O)c2cc(Cc3cccc(Cl)c3)c(Br)s2)C[C@@H]1O. The van der Waals surface area contributed by atoms with Crippen LogP contribution in [-0.4, -0.2) is 48.0 Å². The zero-order chi connectivity index (χ0) is 25.2. The van der Waals surface area contributed by atoms with Gasteiger partial charge in [-0.3, -0.25) is 8.98 Å². The van der Waals surface area contributed by atoms with Crippen LogP contribution in [0.4, 0.5) is 5.82 Å². The zero-order valence-electron chi connectivity index (χ0n) is 18.2. The summed E-state index contributed by atoms with van der Waals surface area (Å²) in [5.41, 5.74) is 2.29. The van der Waals surface area contributed by atoms with E-state index in [0.29, 0.717) is 40.5 Å². The Morgan fingerprint density at radius 1 is 1.34 bits per heavy atom. The highest BCUT2D eigenvalue weighted by atomic mass is 79.9. The third kappa shape index (κ3) is 6.85. The molecular weight excluding hydrogens is 580 g/mol. The minimum atomic E-state index is -4.09. The first-order valence-electron chi connectivity index (χ1n) is 10.6. The van der Waals surface area contributed by atoms with E-state index in [1.54, 1.807) is 0 Å². The highest BCUT2D eigenvalue weighted by molar-refractivity contribution is 9.11. The number of aliphatic hydroxyl groups is 1. The van der Waals surface area contributed by atoms with Crippen LogP contribution in [0.3, 0.4) is 0 Å². The van der Waals surface area contributed by atoms with Gasteiger partial charge in [-0.05, 0) is 64.5 Å². The normalized spacial score (nSPS) is 20.2. The number of halogens is 2. The van der Waals surface area contributed by atoms with Crippen LogP contribution in [0.25, 0.3) is 0 Å². The minimum absolute atomic E-state index is 0.216. The molecular formula is C22H22BrClN4O5S2. The molecule has 1 saturated carbocycles. The van der Waals surface area contributed by atoms with E-state index >= 15 is 0 Å². The lowest BCUT2D eigenvalue weighted by atomic mass is 10.1. The maximum absolute atomic E-state index is 13.4. The molecule has 2 aromatic heterocycles. The molecule has 1 fully saturated rings. The molecule has 186 valence electrons. The van der Waals surface area contributed by atoms with Gasteiger partial charge in [0.05, 0.1) is 26.9 Å². The van der Waals surface area contributed by atoms with Crippen LogP contribution < -0.4 is 10.5 Å². The molecule has 0 bridgehead atoms. The molecule has 4 N–H and O–H groups in total. The Balaban J connectivity index is 1.48. The van der Waals surface area contributed by atoms with Gasteiger partial charge in [0.25, 0.3) is 0 Å². The van der Waals surface area contributed by atoms with E-state index in [-0.39, 0.29) is 18.4 Å². The smallest absolute Gasteiger partial charge is 0.333 e. The molecule has 1 aromatic carbocycles. The fourth-order valence-electron chi connectivity index (χ4n) is 4.02. The number of nitrogens with two attached hydrogens (primary N) is 1. The average molecular weight is 602 g/mol. The number of nitrogens with one attached hydrogen (secondary N) is 1. The Labute approximate surface area is 220 Å². The topological polar surface area (TPSA) is 144 Å². The van der Waals surface area contributed by atoms with Crippen molar-refractivity contribution in [1.82, 2.24) is 9.97 Å². The van der Waals surface area contributed by atoms with Gasteiger partial charge in [-0.2, -0.15) is 8.42 Å². The molecule has 35 heavy (non-hydrogen) atoms. The van der Waals surface area contributed by atoms with E-state index in [1.165, 1.54) is 23.9 Å². The lowest BCUT2D eigenvalue weighted by Gasteiger charge is -2.15. The summed E-state index contributed by atoms with van der Waals surface area (Å²) in [5, 5.41) is 19.0. The molecule has 0 saturated heterocycles. The number of aromatic nitrogens is 2. The minimum Gasteiger partial charge on any atom is -0.393 e. The number of carbonyl (C=O) groups is 1. The van der Waals surface area contributed by atoms with Gasteiger partial charge in [0, 0.05) is 23.2 Å². The number of hydrogen-bond acceptors (Lipinski definition) is 9. The van der Waals surface area contributed by atoms with Gasteiger partial charge in [-0.15, -0.1) is 11.3 Å². The second kappa shape index (κ2) is 11.0. The lowest BCUT2D eigenvalue weighted by Crippen LogP contribution is -2.24. The third-order valence-electron chi connectivity index (χ3n) is 5.67. The summed E-state index contributed by atoms with van der Waals surface area (Å²) in [6.45, 7) is -0.216. The van der Waals surface area contributed by atoms with Crippen LogP contribution in [-0.2, 0) is 20.9 Å². The number of carbonyl (C=O) groups excluding carboxylic acids is 1. The molecule has 1 aliphatic carbocycles. The number of benzene rings is 1. The quantitative estimate of drug-likeness (QED) is 0.316. The fourth-order valence-corrected chi connectivity index (χ4v) is 6.24. The monoisotopic (exact) mass is 600 g/mol. The Hall–Kier alpha value is -1.93. The molecule has 13 heteroatoms. The first kappa shape index (κ1) is 26.1. The van der Waals surface area contributed by atoms with E-state index < -0.39 is 22.3 Å². The lowest BCUT2D eigenvalue weighted by molar-refractivity contribution is 0.101. The Morgan fingerprint density at radius 3 is 2.89 bits per heavy atom. The summed E-state index contributed by atoms with van der Waals surface area (Å²) < 4.78 is 27.6. The summed E-state index contributed by atoms with van der Waals surface area (Å²) in [6, 6.07) is 9.16. The summed E-state index contributed by atoms with van der Waals surface area (Å²) in [6.07, 6.45) is 3.38. The predicted octanol–water partition coefficient (Wildman–Crippen LogP) is 3.55. The van der Waals surface area contributed by atoms with Crippen molar-refractivity contribution in [3.8, 4) is 0 Å². The van der Waals surface area contributed by atoms with Crippen LogP contribution in [0.2, 0.25) is 5.02 Å². The second-order valence-corrected chi connectivity index (χ2v) is 12.3. The van der Waals surface area contributed by atoms with Crippen molar-refractivity contribution in [2.75, 3.05) is 11.9 Å². The number of aliphatic hydroxyl groups excluding tert-OH is 1. The molecule has 4 rings (SSSR count). The summed E-state index contributed by atoms with van der Waals surface area (Å²) in [5.74, 6) is -0.311. The van der Waals surface area contributed by atoms with Gasteiger partial charge >= 0.3 is 10.3 Å². The largest absolute Gasteiger partial charge is 0.393 e. The second-order valence-electron chi connectivity index (χ2n) is 8.25. The first-order chi connectivity index (χ1) is 16.6. The maximum Gasteiger partial charge on any atom is 0.333 e. The van der Waals surface area contributed by atoms with E-state index in [1.807, 2.05) is 30.3 Å². The molecule has 9 nitrogen and oxygen atoms in total. The number of anilines is 1. The van der Waals surface area contributed by atoms with Gasteiger partial charge in [-0.1, -0.05) is 23.7 Å². The van der Waals surface area contributed by atoms with Gasteiger partial charge in [0.15, 0.2) is 0 Å². The number of thiophene rings is 1. The highest BCUT2D eigenvalue weighted by Gasteiger charge is 2.35. The molecule has 0 spiro atoms. The first-order valence-corrected chi connectivity index (χ1v) is 14.0. The molecule has 3 atom stereocenters. The number of hydrogen-bond donors (Lipinski definition) is 3. The molecule has 2 heterocycles. The fraction of sp³-hybridized carbons (Fsp3) is 0.318. The highest BCUT2D eigenvalue weighted by Crippen LogP contribution is 2.34. The van der Waals surface area contributed by atoms with Crippen LogP contribution in [0.5, 0.6) is 0 Å². The third-order valence-corrected chi connectivity index (χ3v) is 8.33. The molecule has 0 radical (unpaired) electrons. The van der Waals surface area contributed by atoms with Crippen molar-refractivity contribution in [3.05, 3.63) is 73.2 Å². The van der Waals surface area contributed by atoms with Gasteiger partial charge in [0.1, 0.15) is 12.1 Å². The maximum atomic E-state index is 13.4. The van der Waals surface area contributed by atoms with Crippen molar-refractivity contribution < 1.29 is 22.5 Å². The predicted molar refractivity (Wildman–Crippen MR) is 137 cm³/mol. The Morgan fingerprint density at radius 2 is 2.14 bits per heavy atom. The van der Waals surface area contributed by atoms with Gasteiger partial charge in [-0.25, -0.2) is 15.1 Å². The van der Waals surface area contributed by atoms with Gasteiger partial charge < -0.3 is 10.4 Å². The van der Waals surface area contributed by atoms with Crippen molar-refractivity contribution >= 4 is 60.8 Å². The van der Waals surface area contributed by atoms with Crippen LogP contribution in [0.1, 0.15) is 39.2 Å². The van der Waals surface area contributed by atoms with Crippen LogP contribution in [0.15, 0.2) is 46.6 Å². The van der Waals surface area contributed by atoms with Crippen molar-refractivity contribution in [1.29, 1.82) is 0 Å². The Kier molecular flexibility index (Phi) is 8.21. The van der Waals surface area contributed by atoms with E-state index in [0.717, 1.165) is 14.9 Å². The molecule has 0 aliphatic heterocycles. The Bertz CT molecular complexity index is 1340. The molecule has 0 unspecified atom stereocenters. The van der Waals surface area contributed by atoms with E-state index in [4.69, 9.17) is 16.7 Å². The number of nitrogens with zero attached hydrogens (tertiary/aromatic N) is 2. The van der Waals surface area contributed by atoms with Crippen molar-refractivity contribution in [2.45, 2.75) is 31.4 Å².